The van der Waals surface area contributed by atoms with Gasteiger partial charge in [0.25, 0.3) is 5.91 Å². The van der Waals surface area contributed by atoms with Crippen LogP contribution in [-0.2, 0) is 32.8 Å². The Kier molecular flexibility index (Phi) is 10.5. The lowest BCUT2D eigenvalue weighted by Gasteiger charge is -2.45. The van der Waals surface area contributed by atoms with Crippen LogP contribution in [0.3, 0.4) is 0 Å². The van der Waals surface area contributed by atoms with Crippen LogP contribution < -0.4 is 10.9 Å². The fraction of sp³-hybridized carbons (Fsp3) is 0.439. The van der Waals surface area contributed by atoms with E-state index in [0.29, 0.717) is 60.4 Å². The highest BCUT2D eigenvalue weighted by Crippen LogP contribution is 2.40. The van der Waals surface area contributed by atoms with Crippen molar-refractivity contribution in [3.8, 4) is 5.75 Å². The topological polar surface area (TPSA) is 141 Å². The van der Waals surface area contributed by atoms with Gasteiger partial charge in [-0.2, -0.15) is 0 Å². The van der Waals surface area contributed by atoms with Gasteiger partial charge in [-0.15, -0.1) is 0 Å². The van der Waals surface area contributed by atoms with Gasteiger partial charge in [-0.05, 0) is 104 Å². The van der Waals surface area contributed by atoms with Gasteiger partial charge >= 0.3 is 5.97 Å². The van der Waals surface area contributed by atoms with E-state index in [9.17, 15) is 24.6 Å². The van der Waals surface area contributed by atoms with E-state index in [1.807, 2.05) is 42.5 Å². The van der Waals surface area contributed by atoms with Gasteiger partial charge in [-0.1, -0.05) is 61.7 Å². The van der Waals surface area contributed by atoms with Crippen LogP contribution in [0.25, 0.3) is 10.9 Å². The highest BCUT2D eigenvalue weighted by atomic mass is 16.5. The molecular formula is C41H47N3O7. The first-order valence-corrected chi connectivity index (χ1v) is 18.3. The zero-order valence-corrected chi connectivity index (χ0v) is 28.9. The summed E-state index contributed by atoms with van der Waals surface area (Å²) in [6.45, 7) is 3.81. The van der Waals surface area contributed by atoms with Gasteiger partial charge in [0, 0.05) is 30.2 Å². The van der Waals surface area contributed by atoms with Gasteiger partial charge in [0.1, 0.15) is 11.9 Å². The molecule has 1 aliphatic carbocycles. The molecule has 3 aliphatic heterocycles. The average molecular weight is 694 g/mol. The second-order valence-electron chi connectivity index (χ2n) is 14.4. The Balaban J connectivity index is 0.889. The molecule has 268 valence electrons. The summed E-state index contributed by atoms with van der Waals surface area (Å²) in [6.07, 6.45) is 6.52. The normalized spacial score (nSPS) is 22.8. The van der Waals surface area contributed by atoms with Crippen molar-refractivity contribution in [2.45, 2.75) is 82.1 Å². The van der Waals surface area contributed by atoms with Crippen molar-refractivity contribution < 1.29 is 29.3 Å². The maximum atomic E-state index is 14.0. The molecule has 3 aromatic carbocycles. The first-order chi connectivity index (χ1) is 24.8. The molecule has 1 aromatic heterocycles. The van der Waals surface area contributed by atoms with Crippen molar-refractivity contribution in [1.82, 2.24) is 15.2 Å². The van der Waals surface area contributed by atoms with Crippen molar-refractivity contribution in [3.05, 3.63) is 111 Å². The van der Waals surface area contributed by atoms with Crippen LogP contribution in [-0.4, -0.2) is 64.3 Å². The number of nitrogens with zero attached hydrogens (tertiary/aromatic N) is 1. The molecule has 4 N–H and O–H groups in total. The fourth-order valence-corrected chi connectivity index (χ4v) is 8.15. The number of benzene rings is 3. The van der Waals surface area contributed by atoms with Crippen LogP contribution >= 0.6 is 0 Å². The number of aromatic hydroxyl groups is 1. The van der Waals surface area contributed by atoms with Crippen LogP contribution in [0, 0.1) is 5.92 Å². The van der Waals surface area contributed by atoms with Crippen LogP contribution in [0.2, 0.25) is 0 Å². The van der Waals surface area contributed by atoms with Crippen molar-refractivity contribution in [3.63, 3.8) is 0 Å². The van der Waals surface area contributed by atoms with Crippen LogP contribution in [0.1, 0.15) is 90.1 Å². The smallest absolute Gasteiger partial charge is 0.336 e. The zero-order chi connectivity index (χ0) is 35.4. The molecule has 8 rings (SSSR count). The molecule has 10 nitrogen and oxygen atoms in total. The number of phenols is 1. The number of carbonyl (C=O) groups excluding carboxylic acids is 2. The summed E-state index contributed by atoms with van der Waals surface area (Å²) >= 11 is 0. The lowest BCUT2D eigenvalue weighted by atomic mass is 9.85. The van der Waals surface area contributed by atoms with Crippen molar-refractivity contribution >= 4 is 22.8 Å². The number of esters is 1. The molecule has 3 atom stereocenters. The van der Waals surface area contributed by atoms with Gasteiger partial charge in [0.05, 0.1) is 18.2 Å². The minimum atomic E-state index is -1.22. The summed E-state index contributed by atoms with van der Waals surface area (Å²) in [7, 11) is 0. The number of aliphatic hydroxyl groups is 1. The van der Waals surface area contributed by atoms with Crippen LogP contribution in [0.15, 0.2) is 77.6 Å². The minimum absolute atomic E-state index is 0.0195. The van der Waals surface area contributed by atoms with E-state index in [0.717, 1.165) is 74.8 Å². The van der Waals surface area contributed by atoms with Crippen LogP contribution in [0.5, 0.6) is 5.75 Å². The van der Waals surface area contributed by atoms with Gasteiger partial charge in [-0.25, -0.2) is 4.79 Å². The Morgan fingerprint density at radius 3 is 2.63 bits per heavy atom. The summed E-state index contributed by atoms with van der Waals surface area (Å²) < 4.78 is 12.2. The molecule has 3 saturated heterocycles. The lowest BCUT2D eigenvalue weighted by Crippen LogP contribution is -2.56. The molecule has 0 spiro atoms. The number of piperidine rings is 3. The maximum absolute atomic E-state index is 14.0. The maximum Gasteiger partial charge on any atom is 0.336 e. The molecule has 4 heterocycles. The summed E-state index contributed by atoms with van der Waals surface area (Å²) in [6, 6.07) is 21.4. The number of hydrogen-bond acceptors (Lipinski definition) is 8. The number of amides is 1. The van der Waals surface area contributed by atoms with E-state index < -0.39 is 11.6 Å². The third-order valence-electron chi connectivity index (χ3n) is 11.0. The van der Waals surface area contributed by atoms with Gasteiger partial charge in [-0.3, -0.25) is 14.5 Å². The highest BCUT2D eigenvalue weighted by molar-refractivity contribution is 5.99. The number of ether oxygens (including phenoxy) is 2. The second-order valence-corrected chi connectivity index (χ2v) is 14.4. The number of pyridine rings is 1. The molecule has 0 radical (unpaired) electrons. The molecule has 4 aliphatic rings. The standard InChI is InChI=1S/C41H47N3O7/c45-34(31-13-15-35(46)38-32(31)14-16-37(47)42-38)12-3-1-2-6-23-50-26-27-8-7-10-30(24-27)39(48)43-41(20-17-28-9-4-5-11-33(28)41)40(49)51-36-25-44-21-18-29(36)19-22-44/h4-5,7-11,13-16,24,29,34,36,45-46H,1-3,6,12,17-23,25-26H2,(H,42,47)(H,43,48)/t34-,36-,41?/m0/s1. The Hall–Kier alpha value is -4.51. The molecule has 51 heavy (non-hydrogen) atoms. The number of aliphatic hydroxyl groups excluding tert-OH is 1. The average Bonchev–Trinajstić information content (AvgIpc) is 3.53. The van der Waals surface area contributed by atoms with E-state index in [1.54, 1.807) is 18.2 Å². The second kappa shape index (κ2) is 15.4. The predicted octanol–water partition coefficient (Wildman–Crippen LogP) is 5.64. The molecule has 3 fully saturated rings. The number of aromatic nitrogens is 1. The van der Waals surface area contributed by atoms with E-state index in [-0.39, 0.29) is 29.3 Å². The SMILES string of the molecule is O=C(NC1(C(=O)O[C@H]2CN3CCC2CC3)CCc2ccccc21)c1cccc(COCCCCCC[C@H](O)c2ccc(O)c3[nH]c(=O)ccc23)c1. The Morgan fingerprint density at radius 1 is 0.980 bits per heavy atom. The number of phenolic OH excluding ortho intramolecular Hbond substituents is 1. The predicted molar refractivity (Wildman–Crippen MR) is 193 cm³/mol. The van der Waals surface area contributed by atoms with E-state index in [2.05, 4.69) is 15.2 Å². The van der Waals surface area contributed by atoms with E-state index >= 15 is 0 Å². The zero-order valence-electron chi connectivity index (χ0n) is 28.9. The quantitative estimate of drug-likeness (QED) is 0.0983. The van der Waals surface area contributed by atoms with Gasteiger partial charge in [0.15, 0.2) is 5.54 Å². The Labute approximate surface area is 297 Å². The summed E-state index contributed by atoms with van der Waals surface area (Å²) in [5.74, 6) is -0.315. The number of aromatic amines is 1. The third kappa shape index (κ3) is 7.59. The third-order valence-corrected chi connectivity index (χ3v) is 11.0. The molecule has 1 amide bonds. The number of H-pyrrole nitrogens is 1. The fourth-order valence-electron chi connectivity index (χ4n) is 8.15. The molecule has 0 saturated carbocycles. The Morgan fingerprint density at radius 2 is 1.80 bits per heavy atom. The Bertz CT molecular complexity index is 1930. The molecule has 10 heteroatoms. The number of nitrogens with one attached hydrogen (secondary N) is 2. The number of rotatable bonds is 14. The van der Waals surface area contributed by atoms with Gasteiger partial charge in [0.2, 0.25) is 5.56 Å². The van der Waals surface area contributed by atoms with Crippen LogP contribution in [0.4, 0.5) is 0 Å². The number of carbonyl (C=O) groups is 2. The molecule has 4 aromatic rings. The van der Waals surface area contributed by atoms with Gasteiger partial charge < -0.3 is 30.0 Å². The number of hydrogen-bond donors (Lipinski definition) is 4. The van der Waals surface area contributed by atoms with E-state index in [1.165, 1.54) is 12.1 Å². The van der Waals surface area contributed by atoms with Crippen molar-refractivity contribution in [2.24, 2.45) is 5.92 Å². The molecule has 2 bridgehead atoms. The van der Waals surface area contributed by atoms with Crippen molar-refractivity contribution in [2.75, 3.05) is 26.2 Å². The number of unbranched alkanes of at least 4 members (excludes halogenated alkanes) is 3. The van der Waals surface area contributed by atoms with Crippen molar-refractivity contribution in [1.29, 1.82) is 0 Å². The largest absolute Gasteiger partial charge is 0.506 e. The lowest BCUT2D eigenvalue weighted by molar-refractivity contribution is -0.167. The summed E-state index contributed by atoms with van der Waals surface area (Å²) in [5.41, 5.74) is 2.74. The highest BCUT2D eigenvalue weighted by Gasteiger charge is 2.50. The summed E-state index contributed by atoms with van der Waals surface area (Å²) in [5, 5.41) is 24.7. The van der Waals surface area contributed by atoms with E-state index in [4.69, 9.17) is 9.47 Å². The molecule has 1 unspecified atom stereocenters. The monoisotopic (exact) mass is 693 g/mol. The first kappa shape index (κ1) is 34.9. The minimum Gasteiger partial charge on any atom is -0.506 e. The molecular weight excluding hydrogens is 646 g/mol. The number of fused-ring (bicyclic) bond motifs is 5. The first-order valence-electron chi connectivity index (χ1n) is 18.3. The number of aryl methyl sites for hydroxylation is 1. The summed E-state index contributed by atoms with van der Waals surface area (Å²) in [4.78, 5) is 44.5.